The predicted octanol–water partition coefficient (Wildman–Crippen LogP) is 2.65. The smallest absolute Gasteiger partial charge is 0.410 e. The van der Waals surface area contributed by atoms with Crippen molar-refractivity contribution in [1.82, 2.24) is 14.5 Å². The Morgan fingerprint density at radius 3 is 2.71 bits per heavy atom. The number of carbonyl (C=O) groups excluding carboxylic acids is 1. The van der Waals surface area contributed by atoms with Crippen LogP contribution in [0.4, 0.5) is 4.79 Å². The van der Waals surface area contributed by atoms with Gasteiger partial charge in [0.05, 0.1) is 24.5 Å². The summed E-state index contributed by atoms with van der Waals surface area (Å²) < 4.78 is 7.42. The third-order valence-electron chi connectivity index (χ3n) is 4.27. The number of aromatic nitrogens is 2. The molecular weight excluding hydrogens is 306 g/mol. The van der Waals surface area contributed by atoms with Gasteiger partial charge in [-0.2, -0.15) is 0 Å². The van der Waals surface area contributed by atoms with Gasteiger partial charge in [0.1, 0.15) is 12.4 Å². The van der Waals surface area contributed by atoms with Gasteiger partial charge in [-0.05, 0) is 11.5 Å². The second-order valence-corrected chi connectivity index (χ2v) is 6.29. The molecule has 0 fully saturated rings. The van der Waals surface area contributed by atoms with Crippen LogP contribution in [0.5, 0.6) is 0 Å². The summed E-state index contributed by atoms with van der Waals surface area (Å²) in [4.78, 5) is 18.6. The van der Waals surface area contributed by atoms with Gasteiger partial charge < -0.3 is 14.4 Å². The molecule has 1 amide bonds. The molecule has 0 saturated carbocycles. The maximum atomic E-state index is 12.3. The second kappa shape index (κ2) is 7.05. The highest BCUT2D eigenvalue weighted by atomic mass is 16.6. The maximum Gasteiger partial charge on any atom is 0.410 e. The molecule has 0 unspecified atom stereocenters. The molecule has 128 valence electrons. The summed E-state index contributed by atoms with van der Waals surface area (Å²) in [6, 6.07) is 9.63. The average Bonchev–Trinajstić information content (AvgIpc) is 2.98. The normalized spacial score (nSPS) is 13.9. The molecule has 1 aliphatic rings. The lowest BCUT2D eigenvalue weighted by atomic mass is 10.1. The van der Waals surface area contributed by atoms with Gasteiger partial charge >= 0.3 is 6.09 Å². The number of hydrogen-bond donors (Lipinski definition) is 1. The van der Waals surface area contributed by atoms with Gasteiger partial charge in [-0.25, -0.2) is 9.78 Å². The van der Waals surface area contributed by atoms with E-state index in [-0.39, 0.29) is 25.2 Å². The van der Waals surface area contributed by atoms with Gasteiger partial charge in [0, 0.05) is 13.1 Å². The number of carbonyl (C=O) groups is 1. The van der Waals surface area contributed by atoms with Crippen LogP contribution in [-0.2, 0) is 31.0 Å². The minimum atomic E-state index is -0.329. The van der Waals surface area contributed by atoms with E-state index in [0.29, 0.717) is 19.6 Å². The number of aliphatic hydroxyl groups excluding tert-OH is 1. The van der Waals surface area contributed by atoms with Gasteiger partial charge in [-0.3, -0.25) is 4.90 Å². The topological polar surface area (TPSA) is 67.6 Å². The highest BCUT2D eigenvalue weighted by Gasteiger charge is 2.27. The Hall–Kier alpha value is -2.34. The maximum absolute atomic E-state index is 12.3. The number of amides is 1. The highest BCUT2D eigenvalue weighted by Crippen LogP contribution is 2.24. The quantitative estimate of drug-likeness (QED) is 0.936. The van der Waals surface area contributed by atoms with Crippen molar-refractivity contribution in [3.63, 3.8) is 0 Å². The number of ether oxygens (including phenoxy) is 1. The second-order valence-electron chi connectivity index (χ2n) is 6.29. The summed E-state index contributed by atoms with van der Waals surface area (Å²) >= 11 is 0. The van der Waals surface area contributed by atoms with E-state index in [2.05, 4.69) is 18.8 Å². The number of aliphatic hydroxyl groups is 1. The Balaban J connectivity index is 1.67. The number of nitrogens with zero attached hydrogens (tertiary/aromatic N) is 3. The van der Waals surface area contributed by atoms with Crippen molar-refractivity contribution in [2.24, 2.45) is 0 Å². The monoisotopic (exact) mass is 329 g/mol. The third-order valence-corrected chi connectivity index (χ3v) is 4.27. The van der Waals surface area contributed by atoms with Crippen molar-refractivity contribution >= 4 is 6.09 Å². The van der Waals surface area contributed by atoms with Crippen LogP contribution in [0, 0.1) is 0 Å². The SMILES string of the molecule is CC(C)c1nc2n(c1CO)CCN(C(=O)OCc1ccccc1)C2. The van der Waals surface area contributed by atoms with Gasteiger partial charge in [0.2, 0.25) is 0 Å². The Morgan fingerprint density at radius 1 is 1.29 bits per heavy atom. The van der Waals surface area contributed by atoms with Gasteiger partial charge in [0.15, 0.2) is 0 Å². The Kier molecular flexibility index (Phi) is 4.85. The van der Waals surface area contributed by atoms with Crippen molar-refractivity contribution in [2.75, 3.05) is 6.54 Å². The van der Waals surface area contributed by atoms with Crippen molar-refractivity contribution in [3.8, 4) is 0 Å². The summed E-state index contributed by atoms with van der Waals surface area (Å²) in [5.41, 5.74) is 2.73. The zero-order valence-electron chi connectivity index (χ0n) is 14.1. The lowest BCUT2D eigenvalue weighted by Crippen LogP contribution is -2.39. The fraction of sp³-hybridized carbons (Fsp3) is 0.444. The zero-order valence-corrected chi connectivity index (χ0v) is 14.1. The van der Waals surface area contributed by atoms with Crippen LogP contribution in [-0.4, -0.2) is 32.2 Å². The van der Waals surface area contributed by atoms with E-state index in [9.17, 15) is 9.90 Å². The molecule has 0 bridgehead atoms. The summed E-state index contributed by atoms with van der Waals surface area (Å²) in [7, 11) is 0. The first-order chi connectivity index (χ1) is 11.6. The zero-order chi connectivity index (χ0) is 17.1. The van der Waals surface area contributed by atoms with Gasteiger partial charge in [-0.15, -0.1) is 0 Å². The summed E-state index contributed by atoms with van der Waals surface area (Å²) in [6.45, 7) is 5.95. The summed E-state index contributed by atoms with van der Waals surface area (Å²) in [5, 5.41) is 9.63. The molecule has 0 spiro atoms. The number of hydrogen-bond acceptors (Lipinski definition) is 4. The number of fused-ring (bicyclic) bond motifs is 1. The summed E-state index contributed by atoms with van der Waals surface area (Å²) in [5.74, 6) is 1.05. The summed E-state index contributed by atoms with van der Waals surface area (Å²) in [6.07, 6.45) is -0.329. The lowest BCUT2D eigenvalue weighted by Gasteiger charge is -2.27. The van der Waals surface area contributed by atoms with Gasteiger partial charge in [0.25, 0.3) is 0 Å². The highest BCUT2D eigenvalue weighted by molar-refractivity contribution is 5.67. The number of benzene rings is 1. The molecule has 24 heavy (non-hydrogen) atoms. The standard InChI is InChI=1S/C18H23N3O3/c1-13(2)17-15(11-22)21-9-8-20(10-16(21)19-17)18(23)24-12-14-6-4-3-5-7-14/h3-7,13,22H,8-12H2,1-2H3. The minimum absolute atomic E-state index is 0.0288. The first kappa shape index (κ1) is 16.5. The Labute approximate surface area is 141 Å². The fourth-order valence-corrected chi connectivity index (χ4v) is 3.01. The van der Waals surface area contributed by atoms with Crippen molar-refractivity contribution in [3.05, 3.63) is 53.1 Å². The van der Waals surface area contributed by atoms with Gasteiger partial charge in [-0.1, -0.05) is 44.2 Å². The molecule has 2 aromatic rings. The molecule has 0 saturated heterocycles. The van der Waals surface area contributed by atoms with Crippen LogP contribution < -0.4 is 0 Å². The molecule has 0 radical (unpaired) electrons. The molecule has 1 aromatic carbocycles. The van der Waals surface area contributed by atoms with E-state index in [1.807, 2.05) is 34.9 Å². The number of rotatable bonds is 4. The molecule has 1 aromatic heterocycles. The largest absolute Gasteiger partial charge is 0.445 e. The van der Waals surface area contributed by atoms with Crippen LogP contribution in [0.15, 0.2) is 30.3 Å². The van der Waals surface area contributed by atoms with E-state index in [1.165, 1.54) is 0 Å². The molecule has 1 N–H and O–H groups in total. The third kappa shape index (κ3) is 3.28. The predicted molar refractivity (Wildman–Crippen MR) is 89.3 cm³/mol. The molecule has 3 rings (SSSR count). The van der Waals surface area contributed by atoms with E-state index in [0.717, 1.165) is 22.8 Å². The van der Waals surface area contributed by atoms with E-state index in [4.69, 9.17) is 4.74 Å². The van der Waals surface area contributed by atoms with Crippen LogP contribution in [0.25, 0.3) is 0 Å². The number of imidazole rings is 1. The molecule has 1 aliphatic heterocycles. The van der Waals surface area contributed by atoms with Crippen molar-refractivity contribution in [1.29, 1.82) is 0 Å². The molecule has 6 heteroatoms. The first-order valence-corrected chi connectivity index (χ1v) is 8.24. The molecular formula is C18H23N3O3. The first-order valence-electron chi connectivity index (χ1n) is 8.24. The van der Waals surface area contributed by atoms with Crippen LogP contribution in [0.3, 0.4) is 0 Å². The molecule has 0 atom stereocenters. The average molecular weight is 329 g/mol. The molecule has 6 nitrogen and oxygen atoms in total. The van der Waals surface area contributed by atoms with Crippen molar-refractivity contribution in [2.45, 2.75) is 46.1 Å². The van der Waals surface area contributed by atoms with Crippen molar-refractivity contribution < 1.29 is 14.6 Å². The van der Waals surface area contributed by atoms with E-state index < -0.39 is 0 Å². The fourth-order valence-electron chi connectivity index (χ4n) is 3.01. The van der Waals surface area contributed by atoms with Crippen LogP contribution in [0.2, 0.25) is 0 Å². The van der Waals surface area contributed by atoms with Crippen LogP contribution in [0.1, 0.15) is 42.5 Å². The minimum Gasteiger partial charge on any atom is -0.445 e. The molecule has 0 aliphatic carbocycles. The van der Waals surface area contributed by atoms with E-state index >= 15 is 0 Å². The van der Waals surface area contributed by atoms with Crippen LogP contribution >= 0.6 is 0 Å². The van der Waals surface area contributed by atoms with E-state index in [1.54, 1.807) is 4.90 Å². The Bertz CT molecular complexity index is 710. The lowest BCUT2D eigenvalue weighted by molar-refractivity contribution is 0.0856. The Morgan fingerprint density at radius 2 is 2.04 bits per heavy atom. The molecule has 2 heterocycles.